The molecule has 0 heterocycles. The number of carbonyl (C=O) groups excluding carboxylic acids is 1. The maximum absolute atomic E-state index is 12.8. The van der Waals surface area contributed by atoms with Crippen molar-refractivity contribution in [2.75, 3.05) is 11.4 Å². The summed E-state index contributed by atoms with van der Waals surface area (Å²) in [6.45, 7) is 0.270. The number of benzene rings is 1. The smallest absolute Gasteiger partial charge is 0.307 e. The van der Waals surface area contributed by atoms with Crippen molar-refractivity contribution in [1.29, 1.82) is 5.26 Å². The Labute approximate surface area is 129 Å². The van der Waals surface area contributed by atoms with E-state index in [0.717, 1.165) is 0 Å². The highest BCUT2D eigenvalue weighted by Crippen LogP contribution is 2.29. The van der Waals surface area contributed by atoms with Crippen LogP contribution >= 0.6 is 0 Å². The lowest BCUT2D eigenvalue weighted by Crippen LogP contribution is -2.42. The third kappa shape index (κ3) is 3.53. The lowest BCUT2D eigenvalue weighted by Gasteiger charge is -2.30. The number of nitriles is 1. The number of amides is 1. The second kappa shape index (κ2) is 7.41. The first-order valence-electron chi connectivity index (χ1n) is 7.26. The Kier molecular flexibility index (Phi) is 5.31. The summed E-state index contributed by atoms with van der Waals surface area (Å²) in [7, 11) is 0. The largest absolute Gasteiger partial charge is 0.481 e. The van der Waals surface area contributed by atoms with Crippen molar-refractivity contribution in [2.24, 2.45) is 11.8 Å². The van der Waals surface area contributed by atoms with Crippen LogP contribution in [-0.2, 0) is 9.59 Å². The molecular weight excluding hydrogens is 280 g/mol. The second-order valence-corrected chi connectivity index (χ2v) is 5.23. The summed E-state index contributed by atoms with van der Waals surface area (Å²) in [4.78, 5) is 25.8. The van der Waals surface area contributed by atoms with Gasteiger partial charge in [-0.1, -0.05) is 30.4 Å². The average molecular weight is 298 g/mol. The lowest BCUT2D eigenvalue weighted by molar-refractivity contribution is -0.146. The summed E-state index contributed by atoms with van der Waals surface area (Å²) in [5.41, 5.74) is 0.696. The van der Waals surface area contributed by atoms with Gasteiger partial charge in [0.25, 0.3) is 0 Å². The zero-order chi connectivity index (χ0) is 15.9. The van der Waals surface area contributed by atoms with Crippen LogP contribution in [-0.4, -0.2) is 23.5 Å². The first-order valence-corrected chi connectivity index (χ1v) is 7.26. The number of hydrogen-bond acceptors (Lipinski definition) is 3. The molecule has 1 aliphatic rings. The summed E-state index contributed by atoms with van der Waals surface area (Å²) in [6.07, 6.45) is 4.67. The van der Waals surface area contributed by atoms with Crippen molar-refractivity contribution in [3.8, 4) is 6.07 Å². The van der Waals surface area contributed by atoms with Gasteiger partial charge in [-0.05, 0) is 25.0 Å². The lowest BCUT2D eigenvalue weighted by atomic mass is 9.82. The molecule has 1 aromatic rings. The van der Waals surface area contributed by atoms with Crippen LogP contribution < -0.4 is 4.90 Å². The molecule has 114 valence electrons. The molecule has 5 heteroatoms. The molecule has 1 amide bonds. The number of carboxylic acid groups (broad SMARTS) is 1. The molecule has 0 saturated carbocycles. The number of rotatable bonds is 5. The number of hydrogen-bond donors (Lipinski definition) is 1. The monoisotopic (exact) mass is 298 g/mol. The molecule has 1 aromatic carbocycles. The normalized spacial score (nSPS) is 20.1. The van der Waals surface area contributed by atoms with E-state index in [1.807, 2.05) is 36.4 Å². The van der Waals surface area contributed by atoms with E-state index in [1.165, 1.54) is 4.90 Å². The van der Waals surface area contributed by atoms with Crippen molar-refractivity contribution < 1.29 is 14.7 Å². The van der Waals surface area contributed by atoms with Gasteiger partial charge in [-0.3, -0.25) is 9.59 Å². The van der Waals surface area contributed by atoms with E-state index < -0.39 is 17.8 Å². The molecule has 0 spiro atoms. The van der Waals surface area contributed by atoms with Crippen LogP contribution in [0.3, 0.4) is 0 Å². The van der Waals surface area contributed by atoms with Gasteiger partial charge in [-0.2, -0.15) is 5.26 Å². The molecule has 5 nitrogen and oxygen atoms in total. The zero-order valence-electron chi connectivity index (χ0n) is 12.2. The molecule has 0 aliphatic heterocycles. The number of nitrogens with zero attached hydrogens (tertiary/aromatic N) is 2. The fourth-order valence-electron chi connectivity index (χ4n) is 2.70. The topological polar surface area (TPSA) is 81.4 Å². The van der Waals surface area contributed by atoms with E-state index >= 15 is 0 Å². The van der Waals surface area contributed by atoms with E-state index in [9.17, 15) is 14.7 Å². The molecule has 2 rings (SSSR count). The zero-order valence-corrected chi connectivity index (χ0v) is 12.2. The first-order chi connectivity index (χ1) is 10.6. The third-order valence-corrected chi connectivity index (χ3v) is 3.85. The minimum atomic E-state index is -0.948. The first kappa shape index (κ1) is 15.8. The van der Waals surface area contributed by atoms with Crippen LogP contribution in [0.5, 0.6) is 0 Å². The van der Waals surface area contributed by atoms with Crippen LogP contribution in [0.25, 0.3) is 0 Å². The van der Waals surface area contributed by atoms with Gasteiger partial charge in [0.15, 0.2) is 0 Å². The number of carboxylic acids is 1. The van der Waals surface area contributed by atoms with Gasteiger partial charge < -0.3 is 10.0 Å². The van der Waals surface area contributed by atoms with E-state index in [-0.39, 0.29) is 18.9 Å². The highest BCUT2D eigenvalue weighted by molar-refractivity contribution is 5.97. The molecule has 0 saturated heterocycles. The second-order valence-electron chi connectivity index (χ2n) is 5.23. The van der Waals surface area contributed by atoms with Gasteiger partial charge in [0.1, 0.15) is 0 Å². The Balaban J connectivity index is 2.26. The minimum Gasteiger partial charge on any atom is -0.481 e. The van der Waals surface area contributed by atoms with Crippen molar-refractivity contribution in [3.05, 3.63) is 42.5 Å². The van der Waals surface area contributed by atoms with Crippen molar-refractivity contribution in [3.63, 3.8) is 0 Å². The molecule has 2 atom stereocenters. The van der Waals surface area contributed by atoms with Crippen LogP contribution in [0.15, 0.2) is 42.5 Å². The highest BCUT2D eigenvalue weighted by Gasteiger charge is 2.36. The standard InChI is InChI=1S/C17H18N2O3/c18-11-6-12-19(13-7-2-1-3-8-13)16(20)14-9-4-5-10-15(14)17(21)22/h1-5,7-8,14-15H,6,9-10,12H2,(H,21,22). The predicted octanol–water partition coefficient (Wildman–Crippen LogP) is 2.60. The van der Waals surface area contributed by atoms with Gasteiger partial charge in [0.2, 0.25) is 5.91 Å². The molecule has 2 unspecified atom stereocenters. The Morgan fingerprint density at radius 3 is 2.41 bits per heavy atom. The van der Waals surface area contributed by atoms with Crippen LogP contribution in [0.1, 0.15) is 19.3 Å². The molecule has 0 radical (unpaired) electrons. The Morgan fingerprint density at radius 2 is 1.82 bits per heavy atom. The minimum absolute atomic E-state index is 0.209. The number of carbonyl (C=O) groups is 2. The summed E-state index contributed by atoms with van der Waals surface area (Å²) >= 11 is 0. The number of aliphatic carboxylic acids is 1. The van der Waals surface area contributed by atoms with E-state index in [4.69, 9.17) is 5.26 Å². The number of para-hydroxylation sites is 1. The fourth-order valence-corrected chi connectivity index (χ4v) is 2.70. The molecule has 0 fully saturated rings. The van der Waals surface area contributed by atoms with Crippen LogP contribution in [0, 0.1) is 23.2 Å². The van der Waals surface area contributed by atoms with Gasteiger partial charge in [0, 0.05) is 12.2 Å². The van der Waals surface area contributed by atoms with E-state index in [2.05, 4.69) is 0 Å². The quantitative estimate of drug-likeness (QED) is 0.847. The molecular formula is C17H18N2O3. The molecule has 0 bridgehead atoms. The van der Waals surface area contributed by atoms with Crippen LogP contribution in [0.2, 0.25) is 0 Å². The summed E-state index contributed by atoms with van der Waals surface area (Å²) in [5.74, 6) is -2.46. The van der Waals surface area contributed by atoms with Crippen molar-refractivity contribution in [2.45, 2.75) is 19.3 Å². The Bertz CT molecular complexity index is 604. The maximum Gasteiger partial charge on any atom is 0.307 e. The SMILES string of the molecule is N#CCCN(C(=O)C1CC=CCC1C(=O)O)c1ccccc1. The fraction of sp³-hybridized carbons (Fsp3) is 0.353. The van der Waals surface area contributed by atoms with Crippen molar-refractivity contribution >= 4 is 17.6 Å². The van der Waals surface area contributed by atoms with Gasteiger partial charge in [0.05, 0.1) is 24.3 Å². The average Bonchev–Trinajstić information content (AvgIpc) is 2.56. The van der Waals surface area contributed by atoms with Gasteiger partial charge in [-0.25, -0.2) is 0 Å². The summed E-state index contributed by atoms with van der Waals surface area (Å²) in [5, 5.41) is 18.1. The molecule has 1 aliphatic carbocycles. The van der Waals surface area contributed by atoms with E-state index in [1.54, 1.807) is 12.1 Å². The van der Waals surface area contributed by atoms with E-state index in [0.29, 0.717) is 18.5 Å². The summed E-state index contributed by atoms with van der Waals surface area (Å²) in [6, 6.07) is 11.1. The molecule has 1 N–H and O–H groups in total. The maximum atomic E-state index is 12.8. The molecule has 0 aromatic heterocycles. The Hall–Kier alpha value is -2.61. The molecule has 22 heavy (non-hydrogen) atoms. The van der Waals surface area contributed by atoms with Crippen LogP contribution in [0.4, 0.5) is 5.69 Å². The highest BCUT2D eigenvalue weighted by atomic mass is 16.4. The summed E-state index contributed by atoms with van der Waals surface area (Å²) < 4.78 is 0. The van der Waals surface area contributed by atoms with Crippen molar-refractivity contribution in [1.82, 2.24) is 0 Å². The Morgan fingerprint density at radius 1 is 1.18 bits per heavy atom. The van der Waals surface area contributed by atoms with Gasteiger partial charge in [-0.15, -0.1) is 0 Å². The predicted molar refractivity (Wildman–Crippen MR) is 82.0 cm³/mol. The number of anilines is 1. The third-order valence-electron chi connectivity index (χ3n) is 3.85. The van der Waals surface area contributed by atoms with Gasteiger partial charge >= 0.3 is 5.97 Å². The number of allylic oxidation sites excluding steroid dienone is 2.